The van der Waals surface area contributed by atoms with Gasteiger partial charge in [0.15, 0.2) is 0 Å². The molecule has 1 spiro atoms. The highest BCUT2D eigenvalue weighted by molar-refractivity contribution is 5.97. The molecule has 1 aromatic rings. The quantitative estimate of drug-likeness (QED) is 0.735. The van der Waals surface area contributed by atoms with Crippen LogP contribution in [-0.2, 0) is 14.9 Å². The minimum Gasteiger partial charge on any atom is -0.450 e. The third kappa shape index (κ3) is 4.43. The fourth-order valence-corrected chi connectivity index (χ4v) is 5.61. The lowest BCUT2D eigenvalue weighted by Gasteiger charge is -2.48. The molecule has 170 valence electrons. The first-order valence-corrected chi connectivity index (χ1v) is 11.8. The maximum Gasteiger partial charge on any atom is 0.409 e. The molecular formula is C24H36N4O3. The number of nitrogens with zero attached hydrogens (tertiary/aromatic N) is 4. The van der Waals surface area contributed by atoms with Crippen LogP contribution >= 0.6 is 0 Å². The first-order chi connectivity index (χ1) is 14.9. The molecular weight excluding hydrogens is 392 g/mol. The minimum absolute atomic E-state index is 0.0736. The molecule has 2 saturated heterocycles. The molecule has 31 heavy (non-hydrogen) atoms. The normalized spacial score (nSPS) is 22.1. The number of piperidine rings is 2. The highest BCUT2D eigenvalue weighted by Gasteiger charge is 2.46. The largest absolute Gasteiger partial charge is 0.450 e. The molecule has 3 aliphatic rings. The number of rotatable bonds is 4. The van der Waals surface area contributed by atoms with Crippen molar-refractivity contribution >= 4 is 17.8 Å². The van der Waals surface area contributed by atoms with Crippen molar-refractivity contribution in [1.29, 1.82) is 0 Å². The Kier molecular flexibility index (Phi) is 6.51. The smallest absolute Gasteiger partial charge is 0.409 e. The molecule has 4 heterocycles. The van der Waals surface area contributed by atoms with Gasteiger partial charge in [-0.1, -0.05) is 6.07 Å². The number of carbonyl (C=O) groups is 2. The number of hydrogen-bond acceptors (Lipinski definition) is 5. The number of ether oxygens (including phenoxy) is 1. The Morgan fingerprint density at radius 2 is 1.94 bits per heavy atom. The average Bonchev–Trinajstić information content (AvgIpc) is 2.76. The van der Waals surface area contributed by atoms with E-state index in [1.807, 2.05) is 22.8 Å². The molecule has 0 N–H and O–H groups in total. The van der Waals surface area contributed by atoms with Crippen LogP contribution < -0.4 is 4.90 Å². The predicted molar refractivity (Wildman–Crippen MR) is 120 cm³/mol. The third-order valence-electron chi connectivity index (χ3n) is 7.33. The second kappa shape index (κ2) is 9.15. The van der Waals surface area contributed by atoms with Gasteiger partial charge in [0.05, 0.1) is 6.61 Å². The molecule has 0 radical (unpaired) electrons. The average molecular weight is 429 g/mol. The Balaban J connectivity index is 1.36. The summed E-state index contributed by atoms with van der Waals surface area (Å²) in [6.45, 7) is 11.1. The molecule has 4 rings (SSSR count). The molecule has 0 aromatic carbocycles. The Hall–Kier alpha value is -2.15. The van der Waals surface area contributed by atoms with Gasteiger partial charge in [-0.25, -0.2) is 9.78 Å². The number of carbonyl (C=O) groups excluding carboxylic acids is 2. The standard InChI is InChI=1S/C24H36N4O3/c1-4-31-23(30)27-12-7-19(8-13-27)17-26-14-9-24(10-15-26)16-21(29)28(18(2)3)22-20(24)6-5-11-25-22/h5-6,11,18-19H,4,7-10,12-17H2,1-3H3. The number of anilines is 1. The summed E-state index contributed by atoms with van der Waals surface area (Å²) in [5.41, 5.74) is 1.18. The lowest BCUT2D eigenvalue weighted by atomic mass is 9.68. The van der Waals surface area contributed by atoms with E-state index in [0.29, 0.717) is 18.9 Å². The lowest BCUT2D eigenvalue weighted by Crippen LogP contribution is -2.52. The Morgan fingerprint density at radius 3 is 2.58 bits per heavy atom. The van der Waals surface area contributed by atoms with Gasteiger partial charge in [-0.15, -0.1) is 0 Å². The van der Waals surface area contributed by atoms with Crippen molar-refractivity contribution in [2.45, 2.75) is 64.3 Å². The molecule has 3 aliphatic heterocycles. The van der Waals surface area contributed by atoms with E-state index in [9.17, 15) is 9.59 Å². The number of hydrogen-bond donors (Lipinski definition) is 0. The molecule has 0 aliphatic carbocycles. The van der Waals surface area contributed by atoms with Crippen LogP contribution in [-0.4, -0.2) is 72.2 Å². The SMILES string of the molecule is CCOC(=O)N1CCC(CN2CCC3(CC2)CC(=O)N(C(C)C)c2ncccc23)CC1. The molecule has 7 nitrogen and oxygen atoms in total. The van der Waals surface area contributed by atoms with E-state index >= 15 is 0 Å². The topological polar surface area (TPSA) is 66.0 Å². The second-order valence-electron chi connectivity index (χ2n) is 9.62. The van der Waals surface area contributed by atoms with Crippen LogP contribution in [0.15, 0.2) is 18.3 Å². The van der Waals surface area contributed by atoms with Gasteiger partial charge in [0.1, 0.15) is 5.82 Å². The molecule has 1 aromatic heterocycles. The van der Waals surface area contributed by atoms with Crippen molar-refractivity contribution in [2.75, 3.05) is 44.2 Å². The van der Waals surface area contributed by atoms with Gasteiger partial charge in [0.2, 0.25) is 5.91 Å². The van der Waals surface area contributed by atoms with Crippen LogP contribution in [0, 0.1) is 5.92 Å². The highest BCUT2D eigenvalue weighted by Crippen LogP contribution is 2.46. The minimum atomic E-state index is -0.175. The monoisotopic (exact) mass is 428 g/mol. The third-order valence-corrected chi connectivity index (χ3v) is 7.33. The highest BCUT2D eigenvalue weighted by atomic mass is 16.6. The number of amides is 2. The van der Waals surface area contributed by atoms with E-state index in [2.05, 4.69) is 29.8 Å². The van der Waals surface area contributed by atoms with Crippen molar-refractivity contribution < 1.29 is 14.3 Å². The van der Waals surface area contributed by atoms with E-state index in [-0.39, 0.29) is 23.5 Å². The summed E-state index contributed by atoms with van der Waals surface area (Å²) in [5, 5.41) is 0. The Labute approximate surface area is 185 Å². The Morgan fingerprint density at radius 1 is 1.23 bits per heavy atom. The van der Waals surface area contributed by atoms with Gasteiger partial charge in [0, 0.05) is 49.3 Å². The predicted octanol–water partition coefficient (Wildman–Crippen LogP) is 3.43. The van der Waals surface area contributed by atoms with Crippen molar-refractivity contribution in [3.8, 4) is 0 Å². The zero-order valence-electron chi connectivity index (χ0n) is 19.2. The summed E-state index contributed by atoms with van der Waals surface area (Å²) in [5.74, 6) is 1.70. The van der Waals surface area contributed by atoms with Gasteiger partial charge < -0.3 is 14.5 Å². The fourth-order valence-electron chi connectivity index (χ4n) is 5.61. The molecule has 0 atom stereocenters. The number of likely N-dealkylation sites (tertiary alicyclic amines) is 2. The summed E-state index contributed by atoms with van der Waals surface area (Å²) >= 11 is 0. The summed E-state index contributed by atoms with van der Waals surface area (Å²) in [7, 11) is 0. The number of aromatic nitrogens is 1. The number of pyridine rings is 1. The molecule has 2 amide bonds. The fraction of sp³-hybridized carbons (Fsp3) is 0.708. The van der Waals surface area contributed by atoms with Crippen LogP contribution in [0.1, 0.15) is 58.4 Å². The van der Waals surface area contributed by atoms with Crippen LogP contribution in [0.2, 0.25) is 0 Å². The van der Waals surface area contributed by atoms with E-state index in [1.54, 1.807) is 6.20 Å². The maximum absolute atomic E-state index is 13.0. The molecule has 0 bridgehead atoms. The maximum atomic E-state index is 13.0. The van der Waals surface area contributed by atoms with Gasteiger partial charge in [-0.3, -0.25) is 9.69 Å². The first kappa shape index (κ1) is 22.1. The van der Waals surface area contributed by atoms with Gasteiger partial charge in [-0.2, -0.15) is 0 Å². The molecule has 0 unspecified atom stereocenters. The first-order valence-electron chi connectivity index (χ1n) is 11.8. The van der Waals surface area contributed by atoms with Crippen molar-refractivity contribution in [3.05, 3.63) is 23.9 Å². The van der Waals surface area contributed by atoms with E-state index in [0.717, 1.165) is 64.2 Å². The van der Waals surface area contributed by atoms with E-state index in [1.165, 1.54) is 5.56 Å². The van der Waals surface area contributed by atoms with Crippen molar-refractivity contribution in [3.63, 3.8) is 0 Å². The zero-order chi connectivity index (χ0) is 22.0. The summed E-state index contributed by atoms with van der Waals surface area (Å²) in [6, 6.07) is 4.32. The number of fused-ring (bicyclic) bond motifs is 2. The van der Waals surface area contributed by atoms with E-state index < -0.39 is 0 Å². The molecule has 7 heteroatoms. The summed E-state index contributed by atoms with van der Waals surface area (Å²) < 4.78 is 5.13. The van der Waals surface area contributed by atoms with Gasteiger partial charge in [0.25, 0.3) is 0 Å². The van der Waals surface area contributed by atoms with Crippen LogP contribution in [0.25, 0.3) is 0 Å². The summed E-state index contributed by atoms with van der Waals surface area (Å²) in [4.78, 5) is 35.8. The van der Waals surface area contributed by atoms with E-state index in [4.69, 9.17) is 4.74 Å². The van der Waals surface area contributed by atoms with Crippen LogP contribution in [0.5, 0.6) is 0 Å². The summed E-state index contributed by atoms with van der Waals surface area (Å²) in [6.07, 6.45) is 6.30. The van der Waals surface area contributed by atoms with Gasteiger partial charge >= 0.3 is 6.09 Å². The van der Waals surface area contributed by atoms with Crippen LogP contribution in [0.4, 0.5) is 10.6 Å². The zero-order valence-corrected chi connectivity index (χ0v) is 19.2. The molecule has 2 fully saturated rings. The van der Waals surface area contributed by atoms with Crippen LogP contribution in [0.3, 0.4) is 0 Å². The van der Waals surface area contributed by atoms with Crippen molar-refractivity contribution in [2.24, 2.45) is 5.92 Å². The van der Waals surface area contributed by atoms with Crippen molar-refractivity contribution in [1.82, 2.24) is 14.8 Å². The lowest BCUT2D eigenvalue weighted by molar-refractivity contribution is -0.121. The Bertz CT molecular complexity index is 796. The van der Waals surface area contributed by atoms with Gasteiger partial charge in [-0.05, 0) is 71.5 Å². The molecule has 0 saturated carbocycles. The second-order valence-corrected chi connectivity index (χ2v) is 9.62.